The molecule has 1 aromatic rings. The first-order valence-electron chi connectivity index (χ1n) is 8.34. The summed E-state index contributed by atoms with van der Waals surface area (Å²) in [5.41, 5.74) is 1.39. The molecule has 21 heavy (non-hydrogen) atoms. The first-order valence-corrected chi connectivity index (χ1v) is 9.14. The Morgan fingerprint density at radius 1 is 1.14 bits per heavy atom. The predicted octanol–water partition coefficient (Wildman–Crippen LogP) is 5.00. The van der Waals surface area contributed by atoms with Crippen LogP contribution < -0.4 is 5.32 Å². The van der Waals surface area contributed by atoms with Gasteiger partial charge < -0.3 is 10.2 Å². The van der Waals surface area contributed by atoms with Crippen LogP contribution in [0.25, 0.3) is 0 Å². The fraction of sp³-hybridized carbons (Fsp3) is 0.667. The molecule has 0 aliphatic heterocycles. The topological polar surface area (TPSA) is 15.3 Å². The Bertz CT molecular complexity index is 381. The first-order chi connectivity index (χ1) is 10.2. The van der Waals surface area contributed by atoms with E-state index >= 15 is 0 Å². The number of nitrogens with one attached hydrogen (secondary N) is 1. The summed E-state index contributed by atoms with van der Waals surface area (Å²) in [5.74, 6) is 0. The van der Waals surface area contributed by atoms with Gasteiger partial charge in [-0.15, -0.1) is 0 Å². The van der Waals surface area contributed by atoms with Gasteiger partial charge in [0.2, 0.25) is 0 Å². The lowest BCUT2D eigenvalue weighted by atomic mass is 10.0. The van der Waals surface area contributed by atoms with Crippen molar-refractivity contribution < 1.29 is 0 Å². The third-order valence-electron chi connectivity index (χ3n) is 3.83. The average molecular weight is 355 g/mol. The molecule has 0 bridgehead atoms. The van der Waals surface area contributed by atoms with Crippen LogP contribution in [0.15, 0.2) is 28.7 Å². The second-order valence-corrected chi connectivity index (χ2v) is 6.78. The highest BCUT2D eigenvalue weighted by atomic mass is 79.9. The van der Waals surface area contributed by atoms with Crippen LogP contribution in [0.2, 0.25) is 0 Å². The lowest BCUT2D eigenvalue weighted by Gasteiger charge is -2.23. The molecule has 3 heteroatoms. The van der Waals surface area contributed by atoms with Crippen LogP contribution in [0.4, 0.5) is 0 Å². The number of hydrogen-bond donors (Lipinski definition) is 1. The van der Waals surface area contributed by atoms with Gasteiger partial charge in [0.05, 0.1) is 0 Å². The van der Waals surface area contributed by atoms with E-state index in [1.807, 2.05) is 0 Å². The molecule has 0 amide bonds. The van der Waals surface area contributed by atoms with Crippen molar-refractivity contribution in [1.29, 1.82) is 0 Å². The maximum absolute atomic E-state index is 3.69. The molecule has 0 saturated carbocycles. The summed E-state index contributed by atoms with van der Waals surface area (Å²) in [6.45, 7) is 7.93. The third-order valence-corrected chi connectivity index (χ3v) is 4.33. The van der Waals surface area contributed by atoms with Gasteiger partial charge in [-0.05, 0) is 63.6 Å². The second-order valence-electron chi connectivity index (χ2n) is 5.86. The fourth-order valence-electron chi connectivity index (χ4n) is 2.52. The van der Waals surface area contributed by atoms with Gasteiger partial charge in [-0.25, -0.2) is 0 Å². The van der Waals surface area contributed by atoms with Crippen LogP contribution in [0.1, 0.15) is 57.6 Å². The molecule has 2 nitrogen and oxygen atoms in total. The Morgan fingerprint density at radius 3 is 2.62 bits per heavy atom. The highest BCUT2D eigenvalue weighted by Gasteiger charge is 2.12. The van der Waals surface area contributed by atoms with E-state index in [9.17, 15) is 0 Å². The zero-order chi connectivity index (χ0) is 15.5. The molecule has 0 spiro atoms. The first kappa shape index (κ1) is 18.7. The molecular formula is C18H31BrN2. The van der Waals surface area contributed by atoms with Crippen molar-refractivity contribution in [2.24, 2.45) is 0 Å². The molecule has 1 atom stereocenters. The maximum Gasteiger partial charge on any atom is 0.0332 e. The zero-order valence-corrected chi connectivity index (χ0v) is 15.5. The highest BCUT2D eigenvalue weighted by Crippen LogP contribution is 2.21. The van der Waals surface area contributed by atoms with Crippen molar-refractivity contribution in [3.8, 4) is 0 Å². The van der Waals surface area contributed by atoms with Gasteiger partial charge in [-0.1, -0.05) is 54.8 Å². The van der Waals surface area contributed by atoms with Crippen molar-refractivity contribution in [2.75, 3.05) is 26.7 Å². The van der Waals surface area contributed by atoms with E-state index in [0.29, 0.717) is 6.04 Å². The molecule has 1 rings (SSSR count). The molecule has 0 aliphatic carbocycles. The number of nitrogens with zero attached hydrogens (tertiary/aromatic N) is 1. The summed E-state index contributed by atoms with van der Waals surface area (Å²) < 4.78 is 1.17. The Balaban J connectivity index is 2.50. The number of unbranched alkanes of at least 4 members (excludes halogenated alkanes) is 2. The molecule has 0 heterocycles. The van der Waals surface area contributed by atoms with Crippen LogP contribution in [-0.2, 0) is 0 Å². The summed E-state index contributed by atoms with van der Waals surface area (Å²) in [6.07, 6.45) is 6.30. The van der Waals surface area contributed by atoms with Gasteiger partial charge >= 0.3 is 0 Å². The fourth-order valence-corrected chi connectivity index (χ4v) is 2.94. The zero-order valence-electron chi connectivity index (χ0n) is 13.9. The van der Waals surface area contributed by atoms with Crippen LogP contribution in [-0.4, -0.2) is 31.6 Å². The van der Waals surface area contributed by atoms with Crippen LogP contribution in [0, 0.1) is 0 Å². The SMILES string of the molecule is CCCCCN(C)CCC(NCCC)c1cccc(Br)c1. The Hall–Kier alpha value is -0.380. The molecule has 0 saturated heterocycles. The van der Waals surface area contributed by atoms with Crippen molar-refractivity contribution >= 4 is 15.9 Å². The van der Waals surface area contributed by atoms with E-state index in [4.69, 9.17) is 0 Å². The summed E-state index contributed by atoms with van der Waals surface area (Å²) in [5, 5.41) is 3.69. The molecule has 0 fully saturated rings. The number of hydrogen-bond acceptors (Lipinski definition) is 2. The molecule has 0 aromatic heterocycles. The number of halogens is 1. The van der Waals surface area contributed by atoms with E-state index in [-0.39, 0.29) is 0 Å². The van der Waals surface area contributed by atoms with Gasteiger partial charge in [0.25, 0.3) is 0 Å². The molecule has 1 unspecified atom stereocenters. The second kappa shape index (κ2) is 11.2. The third kappa shape index (κ3) is 7.98. The smallest absolute Gasteiger partial charge is 0.0332 e. The largest absolute Gasteiger partial charge is 0.310 e. The minimum Gasteiger partial charge on any atom is -0.310 e. The number of rotatable bonds is 11. The molecule has 1 N–H and O–H groups in total. The lowest BCUT2D eigenvalue weighted by Crippen LogP contribution is -2.28. The van der Waals surface area contributed by atoms with E-state index in [0.717, 1.165) is 13.1 Å². The normalized spacial score (nSPS) is 12.8. The summed E-state index contributed by atoms with van der Waals surface area (Å²) >= 11 is 3.58. The minimum absolute atomic E-state index is 0.455. The summed E-state index contributed by atoms with van der Waals surface area (Å²) in [7, 11) is 2.24. The van der Waals surface area contributed by atoms with Gasteiger partial charge in [-0.3, -0.25) is 0 Å². The summed E-state index contributed by atoms with van der Waals surface area (Å²) in [6, 6.07) is 9.15. The molecular weight excluding hydrogens is 324 g/mol. The van der Waals surface area contributed by atoms with Crippen molar-refractivity contribution in [2.45, 2.75) is 52.0 Å². The van der Waals surface area contributed by atoms with Crippen molar-refractivity contribution in [3.05, 3.63) is 34.3 Å². The highest BCUT2D eigenvalue weighted by molar-refractivity contribution is 9.10. The minimum atomic E-state index is 0.455. The van der Waals surface area contributed by atoms with Crippen LogP contribution >= 0.6 is 15.9 Å². The predicted molar refractivity (Wildman–Crippen MR) is 96.8 cm³/mol. The monoisotopic (exact) mass is 354 g/mol. The molecule has 120 valence electrons. The quantitative estimate of drug-likeness (QED) is 0.562. The van der Waals surface area contributed by atoms with Gasteiger partial charge in [-0.2, -0.15) is 0 Å². The van der Waals surface area contributed by atoms with Crippen LogP contribution in [0.3, 0.4) is 0 Å². The molecule has 0 aliphatic rings. The van der Waals surface area contributed by atoms with Crippen molar-refractivity contribution in [3.63, 3.8) is 0 Å². The Morgan fingerprint density at radius 2 is 1.95 bits per heavy atom. The average Bonchev–Trinajstić information content (AvgIpc) is 2.47. The van der Waals surface area contributed by atoms with Gasteiger partial charge in [0.1, 0.15) is 0 Å². The van der Waals surface area contributed by atoms with E-state index < -0.39 is 0 Å². The summed E-state index contributed by atoms with van der Waals surface area (Å²) in [4.78, 5) is 2.47. The van der Waals surface area contributed by atoms with Gasteiger partial charge in [0.15, 0.2) is 0 Å². The molecule has 1 aromatic carbocycles. The Kier molecular flexibility index (Phi) is 9.98. The maximum atomic E-state index is 3.69. The van der Waals surface area contributed by atoms with E-state index in [1.165, 1.54) is 48.7 Å². The number of benzene rings is 1. The molecule has 0 radical (unpaired) electrons. The van der Waals surface area contributed by atoms with E-state index in [2.05, 4.69) is 71.3 Å². The lowest BCUT2D eigenvalue weighted by molar-refractivity contribution is 0.301. The van der Waals surface area contributed by atoms with Crippen molar-refractivity contribution in [1.82, 2.24) is 10.2 Å². The van der Waals surface area contributed by atoms with Crippen LogP contribution in [0.5, 0.6) is 0 Å². The Labute approximate surface area is 139 Å². The standard InChI is InChI=1S/C18H31BrN2/c1-4-6-7-13-21(3)14-11-18(20-12-5-2)16-9-8-10-17(19)15-16/h8-10,15,18,20H,4-7,11-14H2,1-3H3. The van der Waals surface area contributed by atoms with E-state index in [1.54, 1.807) is 0 Å². The van der Waals surface area contributed by atoms with Gasteiger partial charge in [0, 0.05) is 10.5 Å².